The molecule has 1 amide bonds. The number of nitrogens with one attached hydrogen (secondary N) is 1. The summed E-state index contributed by atoms with van der Waals surface area (Å²) in [4.78, 5) is 26.0. The van der Waals surface area contributed by atoms with Gasteiger partial charge in [-0.2, -0.15) is 8.78 Å². The molecule has 0 aliphatic carbocycles. The molecule has 18 heavy (non-hydrogen) atoms. The predicted octanol–water partition coefficient (Wildman–Crippen LogP) is 0.232. The quantitative estimate of drug-likeness (QED) is 0.701. The minimum absolute atomic E-state index is 0.415. The molecule has 0 spiro atoms. The summed E-state index contributed by atoms with van der Waals surface area (Å²) in [6.07, 6.45) is -5.72. The number of hydrogen-bond donors (Lipinski definition) is 2. The Bertz CT molecular complexity index is 385. The summed E-state index contributed by atoms with van der Waals surface area (Å²) >= 11 is 0. The largest absolute Gasteiger partial charge is 0.477 e. The third kappa shape index (κ3) is 3.31. The molecule has 1 heterocycles. The predicted molar refractivity (Wildman–Crippen MR) is 48.5 cm³/mol. The topological polar surface area (TPSA) is 88.0 Å². The van der Waals surface area contributed by atoms with E-state index in [1.165, 1.54) is 0 Å². The fourth-order valence-corrected chi connectivity index (χ4v) is 1.04. The molecule has 102 valence electrons. The zero-order valence-corrected chi connectivity index (χ0v) is 8.70. The van der Waals surface area contributed by atoms with E-state index in [1.807, 2.05) is 0 Å². The maximum Gasteiger partial charge on any atom is 0.353 e. The number of oxime groups is 1. The van der Waals surface area contributed by atoms with E-state index in [0.29, 0.717) is 0 Å². The van der Waals surface area contributed by atoms with Crippen LogP contribution in [-0.2, 0) is 14.4 Å². The lowest BCUT2D eigenvalue weighted by Crippen LogP contribution is -2.45. The molecular formula is C8H8F4N2O4. The van der Waals surface area contributed by atoms with Crippen LogP contribution in [0.1, 0.15) is 6.42 Å². The second-order valence-electron chi connectivity index (χ2n) is 3.42. The fourth-order valence-electron chi connectivity index (χ4n) is 1.04. The Labute approximate surface area is 97.6 Å². The monoisotopic (exact) mass is 272 g/mol. The van der Waals surface area contributed by atoms with E-state index < -0.39 is 49.0 Å². The van der Waals surface area contributed by atoms with Crippen molar-refractivity contribution in [3.8, 4) is 0 Å². The van der Waals surface area contributed by atoms with Crippen LogP contribution in [0.2, 0.25) is 0 Å². The number of amides is 1. The van der Waals surface area contributed by atoms with Gasteiger partial charge >= 0.3 is 18.3 Å². The zero-order chi connectivity index (χ0) is 13.9. The molecule has 0 aromatic heterocycles. The molecule has 0 saturated carbocycles. The van der Waals surface area contributed by atoms with E-state index in [1.54, 1.807) is 5.32 Å². The van der Waals surface area contributed by atoms with Gasteiger partial charge in [-0.1, -0.05) is 5.16 Å². The molecule has 1 aliphatic heterocycles. The van der Waals surface area contributed by atoms with Crippen molar-refractivity contribution in [1.82, 2.24) is 5.32 Å². The Hall–Kier alpha value is -1.87. The molecule has 0 bridgehead atoms. The fraction of sp³-hybridized carbons (Fsp3) is 0.625. The van der Waals surface area contributed by atoms with E-state index in [2.05, 4.69) is 9.99 Å². The molecule has 1 unspecified atom stereocenters. The lowest BCUT2D eigenvalue weighted by Gasteiger charge is -2.16. The van der Waals surface area contributed by atoms with Crippen LogP contribution in [0, 0.1) is 0 Å². The standard InChI is InChI=1S/C8H8F4N2O4/c9-7(10)8(11,12)2-13-5(15)4-1-3(6(16)17)14-18-4/h4,7H,1-2H2,(H,13,15)(H,16,17). The maximum atomic E-state index is 12.5. The summed E-state index contributed by atoms with van der Waals surface area (Å²) in [6, 6.07) is 0. The van der Waals surface area contributed by atoms with Gasteiger partial charge in [0.05, 0.1) is 6.54 Å². The van der Waals surface area contributed by atoms with E-state index in [4.69, 9.17) is 5.11 Å². The Kier molecular flexibility index (Phi) is 4.09. The van der Waals surface area contributed by atoms with Crippen molar-refractivity contribution < 1.29 is 37.1 Å². The van der Waals surface area contributed by atoms with Gasteiger partial charge in [-0.3, -0.25) is 4.79 Å². The summed E-state index contributed by atoms with van der Waals surface area (Å²) in [6.45, 7) is -1.56. The first-order chi connectivity index (χ1) is 8.24. The molecule has 1 aliphatic rings. The average Bonchev–Trinajstić information content (AvgIpc) is 2.75. The molecule has 10 heteroatoms. The van der Waals surface area contributed by atoms with Crippen molar-refractivity contribution in [1.29, 1.82) is 0 Å². The molecular weight excluding hydrogens is 264 g/mol. The van der Waals surface area contributed by atoms with Crippen molar-refractivity contribution in [2.45, 2.75) is 24.9 Å². The van der Waals surface area contributed by atoms with E-state index in [0.717, 1.165) is 0 Å². The molecule has 2 N–H and O–H groups in total. The maximum absolute atomic E-state index is 12.5. The number of carboxylic acids is 1. The van der Waals surface area contributed by atoms with Gasteiger partial charge in [0, 0.05) is 6.42 Å². The molecule has 1 atom stereocenters. The summed E-state index contributed by atoms with van der Waals surface area (Å²) in [7, 11) is 0. The van der Waals surface area contributed by atoms with Crippen molar-refractivity contribution >= 4 is 17.6 Å². The SMILES string of the molecule is O=C(O)C1=NOC(C(=O)NCC(F)(F)C(F)F)C1. The van der Waals surface area contributed by atoms with Crippen molar-refractivity contribution in [3.05, 3.63) is 0 Å². The third-order valence-corrected chi connectivity index (χ3v) is 2.03. The number of aliphatic carboxylic acids is 1. The van der Waals surface area contributed by atoms with Crippen LogP contribution in [0.5, 0.6) is 0 Å². The highest BCUT2D eigenvalue weighted by Gasteiger charge is 2.42. The van der Waals surface area contributed by atoms with Gasteiger partial charge in [0.15, 0.2) is 5.71 Å². The summed E-state index contributed by atoms with van der Waals surface area (Å²) in [5.74, 6) is -6.90. The van der Waals surface area contributed by atoms with E-state index in [-0.39, 0.29) is 0 Å². The Morgan fingerprint density at radius 1 is 1.56 bits per heavy atom. The van der Waals surface area contributed by atoms with Crippen LogP contribution < -0.4 is 5.32 Å². The van der Waals surface area contributed by atoms with Gasteiger partial charge in [0.1, 0.15) is 0 Å². The number of rotatable bonds is 5. The van der Waals surface area contributed by atoms with Gasteiger partial charge in [0.25, 0.3) is 5.91 Å². The molecule has 0 aromatic rings. The molecule has 6 nitrogen and oxygen atoms in total. The molecule has 0 radical (unpaired) electrons. The van der Waals surface area contributed by atoms with Crippen LogP contribution >= 0.6 is 0 Å². The van der Waals surface area contributed by atoms with Gasteiger partial charge in [-0.15, -0.1) is 0 Å². The van der Waals surface area contributed by atoms with Crippen LogP contribution in [0.3, 0.4) is 0 Å². The van der Waals surface area contributed by atoms with Crippen LogP contribution in [0.25, 0.3) is 0 Å². The summed E-state index contributed by atoms with van der Waals surface area (Å²) < 4.78 is 48.5. The molecule has 1 rings (SSSR count). The number of alkyl halides is 4. The first-order valence-corrected chi connectivity index (χ1v) is 4.63. The number of halogens is 4. The number of nitrogens with zero attached hydrogens (tertiary/aromatic N) is 1. The second-order valence-corrected chi connectivity index (χ2v) is 3.42. The Balaban J connectivity index is 2.43. The Morgan fingerprint density at radius 2 is 2.17 bits per heavy atom. The number of carbonyl (C=O) groups is 2. The normalized spacial score (nSPS) is 19.4. The van der Waals surface area contributed by atoms with Gasteiger partial charge in [-0.25, -0.2) is 13.6 Å². The van der Waals surface area contributed by atoms with Crippen LogP contribution in [-0.4, -0.2) is 47.7 Å². The van der Waals surface area contributed by atoms with Crippen molar-refractivity contribution in [2.75, 3.05) is 6.54 Å². The van der Waals surface area contributed by atoms with E-state index in [9.17, 15) is 27.2 Å². The summed E-state index contributed by atoms with van der Waals surface area (Å²) in [5.41, 5.74) is -0.448. The highest BCUT2D eigenvalue weighted by molar-refractivity contribution is 6.36. The third-order valence-electron chi connectivity index (χ3n) is 2.03. The Morgan fingerprint density at radius 3 is 2.61 bits per heavy atom. The highest BCUT2D eigenvalue weighted by Crippen LogP contribution is 2.21. The average molecular weight is 272 g/mol. The van der Waals surface area contributed by atoms with Crippen LogP contribution in [0.4, 0.5) is 17.6 Å². The highest BCUT2D eigenvalue weighted by atomic mass is 19.3. The molecule has 0 saturated heterocycles. The number of carbonyl (C=O) groups excluding carboxylic acids is 1. The minimum Gasteiger partial charge on any atom is -0.477 e. The van der Waals surface area contributed by atoms with Gasteiger partial charge in [0.2, 0.25) is 6.10 Å². The van der Waals surface area contributed by atoms with Crippen molar-refractivity contribution in [3.63, 3.8) is 0 Å². The first-order valence-electron chi connectivity index (χ1n) is 4.63. The lowest BCUT2D eigenvalue weighted by atomic mass is 10.1. The number of hydrogen-bond acceptors (Lipinski definition) is 4. The van der Waals surface area contributed by atoms with Gasteiger partial charge < -0.3 is 15.3 Å². The van der Waals surface area contributed by atoms with Crippen LogP contribution in [0.15, 0.2) is 5.16 Å². The summed E-state index contributed by atoms with van der Waals surface area (Å²) in [5, 5.41) is 13.1. The lowest BCUT2D eigenvalue weighted by molar-refractivity contribution is -0.142. The molecule has 0 aromatic carbocycles. The second kappa shape index (κ2) is 5.19. The van der Waals surface area contributed by atoms with Gasteiger partial charge in [-0.05, 0) is 0 Å². The smallest absolute Gasteiger partial charge is 0.353 e. The van der Waals surface area contributed by atoms with E-state index >= 15 is 0 Å². The minimum atomic E-state index is -4.36. The van der Waals surface area contributed by atoms with Crippen molar-refractivity contribution in [2.24, 2.45) is 5.16 Å². The molecule has 0 fully saturated rings. The zero-order valence-electron chi connectivity index (χ0n) is 8.70. The first kappa shape index (κ1) is 14.2. The number of carboxylic acid groups (broad SMARTS) is 1.